The Hall–Kier alpha value is -15.1. The van der Waals surface area contributed by atoms with Crippen molar-refractivity contribution >= 4 is 143 Å². The van der Waals surface area contributed by atoms with Crippen LogP contribution in [0.5, 0.6) is 23.0 Å². The number of aryl methyl sites for hydroxylation is 1. The van der Waals surface area contributed by atoms with Gasteiger partial charge in [0.1, 0.15) is 59.2 Å². The van der Waals surface area contributed by atoms with Crippen LogP contribution in [0.15, 0.2) is 319 Å². The highest BCUT2D eigenvalue weighted by atomic mass is 79.9. The Kier molecular flexibility index (Phi) is 49.0. The number of carbonyl (C=O) groups excluding carboxylic acids is 6. The Morgan fingerprint density at radius 1 is 0.504 bits per heavy atom. The molecule has 0 unspecified atom stereocenters. The predicted octanol–water partition coefficient (Wildman–Crippen LogP) is 22.1. The Balaban J connectivity index is 0.000000225. The van der Waals surface area contributed by atoms with Gasteiger partial charge in [-0.25, -0.2) is 32.2 Å². The molecule has 0 bridgehead atoms. The van der Waals surface area contributed by atoms with Crippen LogP contribution in [0.1, 0.15) is 56.2 Å². The fourth-order valence-corrected chi connectivity index (χ4v) is 13.8. The van der Waals surface area contributed by atoms with Gasteiger partial charge in [0, 0.05) is 124 Å². The summed E-state index contributed by atoms with van der Waals surface area (Å²) in [5, 5.41) is 28.4. The van der Waals surface area contributed by atoms with E-state index in [1.165, 1.54) is 60.2 Å². The van der Waals surface area contributed by atoms with Crippen LogP contribution in [-0.2, 0) is 93.2 Å². The minimum Gasteiger partial charge on any atom is -0.486 e. The van der Waals surface area contributed by atoms with E-state index in [1.807, 2.05) is 202 Å². The Bertz CT molecular complexity index is 6830. The molecular weight excluding hydrogens is 2000 g/mol. The second-order valence-electron chi connectivity index (χ2n) is 29.0. The number of pyridine rings is 2. The summed E-state index contributed by atoms with van der Waals surface area (Å²) in [6, 6.07) is 80.1. The number of benzene rings is 11. The number of aromatic nitrogens is 8. The number of anilines is 1. The number of sulfonamides is 1. The molecule has 11 aromatic carbocycles. The first-order valence-corrected chi connectivity index (χ1v) is 47.6. The number of Topliss-reactive ketones (excluding diaryl/α,β-unsaturated/α-hetero) is 2. The Morgan fingerprint density at radius 2 is 0.901 bits per heavy atom. The Morgan fingerprint density at radius 3 is 1.29 bits per heavy atom. The number of ether oxygens (including phenoxy) is 7. The fourth-order valence-electron chi connectivity index (χ4n) is 11.3. The highest BCUT2D eigenvalue weighted by molar-refractivity contribution is 9.08. The third-order valence-corrected chi connectivity index (χ3v) is 23.3. The van der Waals surface area contributed by atoms with Crippen molar-refractivity contribution in [1.29, 1.82) is 0 Å². The molecule has 0 amide bonds. The summed E-state index contributed by atoms with van der Waals surface area (Å²) < 4.78 is 83.2. The zero-order valence-corrected chi connectivity index (χ0v) is 83.3. The van der Waals surface area contributed by atoms with Crippen molar-refractivity contribution in [3.05, 3.63) is 390 Å². The number of halogens is 5. The van der Waals surface area contributed by atoms with Crippen LogP contribution in [0.2, 0.25) is 20.1 Å². The largest absolute Gasteiger partial charge is 0.486 e. The van der Waals surface area contributed by atoms with Crippen molar-refractivity contribution in [2.75, 3.05) is 73.9 Å². The number of methoxy groups -OCH3 is 3. The van der Waals surface area contributed by atoms with Gasteiger partial charge in [-0.15, -0.1) is 16.6 Å². The third kappa shape index (κ3) is 42.8. The van der Waals surface area contributed by atoms with Crippen molar-refractivity contribution in [2.45, 2.75) is 50.1 Å². The van der Waals surface area contributed by atoms with Gasteiger partial charge in [0.15, 0.2) is 25.6 Å². The van der Waals surface area contributed by atoms with Crippen molar-refractivity contribution in [1.82, 2.24) is 40.0 Å². The molecule has 4 heterocycles. The highest BCUT2D eigenvalue weighted by Gasteiger charge is 2.23. The lowest BCUT2D eigenvalue weighted by atomic mass is 10.1. The van der Waals surface area contributed by atoms with Crippen molar-refractivity contribution < 1.29 is 84.0 Å². The number of azide groups is 2. The summed E-state index contributed by atoms with van der Waals surface area (Å²) in [6.45, 7) is 4.47. The topological polar surface area (TPSA) is 447 Å². The molecule has 15 rings (SSSR count). The van der Waals surface area contributed by atoms with Gasteiger partial charge in [-0.1, -0.05) is 174 Å². The van der Waals surface area contributed by atoms with Gasteiger partial charge in [-0.05, 0) is 245 Å². The molecular formula is C101H95BrCl4N15O18PS. The minimum absolute atomic E-state index is 0.0101. The standard InChI is InChI=1S/C27H21ClN4O2.C18H16ClN3O3.C11H10O3.C10H10O4.C9H8N2.C7H6BrCl.C7H6ClN3.C7H7N3O2S.C5H11O4P/c28-24-7-2-19(3-8-24)16-32-17-27(30-31-32)21-5-9-26(10-6-21)34-18-25(33)14-20-1-4-23-15-29-12-11-22(23)13-20;1-24-18(23)12-25-16-8-4-14(5-9-16)17-11-22(21-20-17)10-13-2-6-15(19)7-3-13;1-3-9-4-6-10(7-5-9)14-8-11(12)13-2;1-13-10(12)7-14-9-4-2-8(6-11)3-5-9;10-9-2-1-8-6-11-4-3-7(8)5-9;8-5-6-1-3-7(9)4-2-6;8-7-3-1-6(2-4-7)5-10-11-9;1-6-2-4-7(5-3-6)13(11,12)10-9-8;1-5(6)4-10(7,8-2)9-3/h1-13,15,17H,14,16,18H2;2-9,11H,10,12H2,1H3;1,4-7H,8H2,2H3;2-6H,7H2,1H3;1-6H,10H2;1-4H,5H2;1-4H,5H2;2-5H,1H3;4H2,1-3H3. The Labute approximate surface area is 842 Å². The predicted molar refractivity (Wildman–Crippen MR) is 546 cm³/mol. The van der Waals surface area contributed by atoms with E-state index < -0.39 is 35.5 Å². The van der Waals surface area contributed by atoms with Crippen LogP contribution in [0.4, 0.5) is 5.69 Å². The lowest BCUT2D eigenvalue weighted by Crippen LogP contribution is -2.13. The lowest BCUT2D eigenvalue weighted by Gasteiger charge is -2.10. The van der Waals surface area contributed by atoms with E-state index in [1.54, 1.807) is 107 Å². The summed E-state index contributed by atoms with van der Waals surface area (Å²) in [5.74, 6) is 3.37. The van der Waals surface area contributed by atoms with Gasteiger partial charge < -0.3 is 47.9 Å². The van der Waals surface area contributed by atoms with Crippen LogP contribution >= 0.6 is 69.9 Å². The second kappa shape index (κ2) is 61.2. The molecule has 0 radical (unpaired) electrons. The molecule has 0 fully saturated rings. The first kappa shape index (κ1) is 113. The molecule has 4 aromatic heterocycles. The van der Waals surface area contributed by atoms with E-state index in [4.69, 9.17) is 88.6 Å². The van der Waals surface area contributed by atoms with Crippen molar-refractivity contribution in [3.63, 3.8) is 0 Å². The van der Waals surface area contributed by atoms with Crippen LogP contribution in [0, 0.1) is 19.3 Å². The molecule has 0 atom stereocenters. The number of carbonyl (C=O) groups is 6. The van der Waals surface area contributed by atoms with Gasteiger partial charge in [0.05, 0.1) is 58.3 Å². The summed E-state index contributed by atoms with van der Waals surface area (Å²) in [7, 11) is -0.464. The molecule has 0 saturated carbocycles. The van der Waals surface area contributed by atoms with Crippen molar-refractivity contribution in [2.24, 2.45) is 9.63 Å². The summed E-state index contributed by atoms with van der Waals surface area (Å²) in [5.41, 5.74) is 33.4. The maximum absolute atomic E-state index is 12.4. The van der Waals surface area contributed by atoms with Gasteiger partial charge in [-0.3, -0.25) is 28.9 Å². The second-order valence-corrected chi connectivity index (χ2v) is 35.1. The van der Waals surface area contributed by atoms with E-state index in [0.29, 0.717) is 69.7 Å². The number of nitrogens with zero attached hydrogens (tertiary/aromatic N) is 14. The van der Waals surface area contributed by atoms with Gasteiger partial charge in [-0.2, -0.15) is 0 Å². The number of hydrogen-bond donors (Lipinski definition) is 1. The lowest BCUT2D eigenvalue weighted by molar-refractivity contribution is -0.143. The van der Waals surface area contributed by atoms with Crippen LogP contribution in [-0.4, -0.2) is 152 Å². The van der Waals surface area contributed by atoms with E-state index in [2.05, 4.69) is 95.2 Å². The van der Waals surface area contributed by atoms with Gasteiger partial charge >= 0.3 is 25.5 Å². The number of esters is 3. The molecule has 0 spiro atoms. The van der Waals surface area contributed by atoms with Crippen LogP contribution in [0.3, 0.4) is 0 Å². The minimum atomic E-state index is -3.82. The SMILES string of the molecule is C#Cc1ccc(OCC(=O)OC)cc1.COC(=O)COc1ccc(-c2cn(Cc3ccc(Cl)cc3)nn2)cc1.COC(=O)COc1ccc(C=O)cc1.COP(=O)(CC(C)=O)OC.Cc1ccc(S(=O)(=O)N=[N+]=[N-])cc1.Clc1ccc(CBr)cc1.Nc1ccc2cnccc2c1.O=C(COc1ccc(-c2cn(Cc3ccc(Cl)cc3)nn2)cc1)Cc1ccc2cnccc2c1.[N-]=[N+]=NCc1ccc(Cl)cc1. The molecule has 2 N–H and O–H groups in total. The maximum Gasteiger partial charge on any atom is 0.343 e. The molecule has 0 saturated heterocycles. The summed E-state index contributed by atoms with van der Waals surface area (Å²) >= 11 is 26.5. The number of ketones is 2. The molecule has 40 heteroatoms. The number of rotatable bonds is 30. The number of hydrogen-bond acceptors (Lipinski definition) is 26. The van der Waals surface area contributed by atoms with Gasteiger partial charge in [0.25, 0.3) is 10.0 Å². The first-order chi connectivity index (χ1) is 67.9. The number of terminal acetylenes is 1. The molecule has 0 aliphatic heterocycles. The molecule has 141 heavy (non-hydrogen) atoms. The number of nitrogens with two attached hydrogens (primary N) is 1. The van der Waals surface area contributed by atoms with Gasteiger partial charge in [0.2, 0.25) is 0 Å². The van der Waals surface area contributed by atoms with E-state index >= 15 is 0 Å². The number of fused-ring (bicyclic) bond motifs is 2. The first-order valence-electron chi connectivity index (χ1n) is 41.8. The number of alkyl halides is 1. The van der Waals surface area contributed by atoms with E-state index in [9.17, 15) is 41.8 Å². The zero-order chi connectivity index (χ0) is 102. The van der Waals surface area contributed by atoms with E-state index in [-0.39, 0.29) is 49.1 Å². The van der Waals surface area contributed by atoms with Crippen LogP contribution in [0.25, 0.3) is 64.9 Å². The number of aldehydes is 1. The quantitative estimate of drug-likeness (QED) is 0.00417. The average molecular weight is 2090 g/mol. The molecule has 0 aliphatic carbocycles. The third-order valence-electron chi connectivity index (χ3n) is 18.6. The summed E-state index contributed by atoms with van der Waals surface area (Å²) in [6.07, 6.45) is 17.0. The summed E-state index contributed by atoms with van der Waals surface area (Å²) in [4.78, 5) is 78.7. The zero-order valence-electron chi connectivity index (χ0n) is 77.0. The molecule has 728 valence electrons. The average Bonchev–Trinajstić information content (AvgIpc) is 1.77. The maximum atomic E-state index is 12.4. The molecule has 0 aliphatic rings. The van der Waals surface area contributed by atoms with Crippen molar-refractivity contribution in [3.8, 4) is 57.9 Å². The molecule has 15 aromatic rings. The monoisotopic (exact) mass is 2090 g/mol. The van der Waals surface area contributed by atoms with Crippen LogP contribution < -0.4 is 24.7 Å². The highest BCUT2D eigenvalue weighted by Crippen LogP contribution is 2.46. The number of nitrogen functional groups attached to an aromatic ring is 1. The normalized spacial score (nSPS) is 10.2. The fraction of sp³-hybridized carbons (Fsp3) is 0.168. The van der Waals surface area contributed by atoms with E-state index in [0.717, 1.165) is 99.8 Å². The smallest absolute Gasteiger partial charge is 0.343 e. The molecule has 33 nitrogen and oxygen atoms in total.